The van der Waals surface area contributed by atoms with Gasteiger partial charge in [0.2, 0.25) is 11.7 Å². The summed E-state index contributed by atoms with van der Waals surface area (Å²) in [5, 5.41) is 4.04. The third kappa shape index (κ3) is 3.36. The summed E-state index contributed by atoms with van der Waals surface area (Å²) in [5.41, 5.74) is 1.43. The average Bonchev–Trinajstić information content (AvgIpc) is 3.16. The van der Waals surface area contributed by atoms with Gasteiger partial charge in [0.1, 0.15) is 11.5 Å². The molecule has 1 saturated heterocycles. The number of benzene rings is 2. The van der Waals surface area contributed by atoms with Crippen molar-refractivity contribution in [2.24, 2.45) is 0 Å². The van der Waals surface area contributed by atoms with Crippen molar-refractivity contribution < 1.29 is 18.8 Å². The summed E-state index contributed by atoms with van der Waals surface area (Å²) < 4.78 is 15.9. The number of ether oxygens (including phenoxy) is 2. The zero-order valence-electron chi connectivity index (χ0n) is 15.1. The monoisotopic (exact) mass is 365 g/mol. The predicted molar refractivity (Wildman–Crippen MR) is 97.9 cm³/mol. The van der Waals surface area contributed by atoms with Gasteiger partial charge in [-0.25, -0.2) is 0 Å². The third-order valence-electron chi connectivity index (χ3n) is 4.59. The number of likely N-dealkylation sites (tertiary alicyclic amines) is 1. The minimum absolute atomic E-state index is 0.0476. The van der Waals surface area contributed by atoms with Crippen molar-refractivity contribution in [3.05, 3.63) is 60.0 Å². The van der Waals surface area contributed by atoms with Crippen LogP contribution in [-0.4, -0.2) is 48.3 Å². The Kier molecular flexibility index (Phi) is 4.50. The maximum absolute atomic E-state index is 12.7. The summed E-state index contributed by atoms with van der Waals surface area (Å²) in [6.07, 6.45) is 0. The molecule has 0 radical (unpaired) electrons. The number of hydrogen-bond donors (Lipinski definition) is 0. The lowest BCUT2D eigenvalue weighted by atomic mass is 9.98. The van der Waals surface area contributed by atoms with Crippen LogP contribution in [0.1, 0.15) is 22.2 Å². The molecule has 138 valence electrons. The Bertz CT molecular complexity index is 927. The lowest BCUT2D eigenvalue weighted by molar-refractivity contribution is 0.0568. The summed E-state index contributed by atoms with van der Waals surface area (Å²) >= 11 is 0. The number of aromatic nitrogens is 2. The van der Waals surface area contributed by atoms with Crippen molar-refractivity contribution >= 4 is 5.91 Å². The summed E-state index contributed by atoms with van der Waals surface area (Å²) in [6.45, 7) is 1.07. The minimum Gasteiger partial charge on any atom is -0.497 e. The number of hydrogen-bond acceptors (Lipinski definition) is 6. The van der Waals surface area contributed by atoms with E-state index in [0.29, 0.717) is 41.9 Å². The quantitative estimate of drug-likeness (QED) is 0.692. The normalized spacial score (nSPS) is 13.9. The first kappa shape index (κ1) is 17.1. The fourth-order valence-corrected chi connectivity index (χ4v) is 3.02. The number of nitrogens with zero attached hydrogens (tertiary/aromatic N) is 3. The molecule has 1 aliphatic heterocycles. The molecule has 2 aromatic carbocycles. The number of methoxy groups -OCH3 is 2. The molecule has 3 aromatic rings. The van der Waals surface area contributed by atoms with E-state index in [0.717, 1.165) is 5.56 Å². The first-order valence-corrected chi connectivity index (χ1v) is 8.59. The van der Waals surface area contributed by atoms with Crippen LogP contribution in [-0.2, 0) is 0 Å². The first-order valence-electron chi connectivity index (χ1n) is 8.59. The largest absolute Gasteiger partial charge is 0.497 e. The maximum Gasteiger partial charge on any atom is 0.254 e. The summed E-state index contributed by atoms with van der Waals surface area (Å²) in [6, 6.07) is 14.8. The van der Waals surface area contributed by atoms with Gasteiger partial charge in [0.15, 0.2) is 0 Å². The van der Waals surface area contributed by atoms with Crippen LogP contribution in [0.5, 0.6) is 11.5 Å². The zero-order valence-corrected chi connectivity index (χ0v) is 15.1. The summed E-state index contributed by atoms with van der Waals surface area (Å²) in [7, 11) is 3.12. The second kappa shape index (κ2) is 7.11. The van der Waals surface area contributed by atoms with Gasteiger partial charge in [-0.3, -0.25) is 4.79 Å². The molecule has 1 aromatic heterocycles. The van der Waals surface area contributed by atoms with E-state index >= 15 is 0 Å². The van der Waals surface area contributed by atoms with Gasteiger partial charge in [-0.1, -0.05) is 35.5 Å². The Morgan fingerprint density at radius 1 is 1.07 bits per heavy atom. The number of amides is 1. The van der Waals surface area contributed by atoms with Crippen LogP contribution in [0.15, 0.2) is 53.1 Å². The molecule has 2 heterocycles. The van der Waals surface area contributed by atoms with Crippen LogP contribution in [0.2, 0.25) is 0 Å². The highest BCUT2D eigenvalue weighted by molar-refractivity contribution is 5.95. The van der Waals surface area contributed by atoms with Crippen LogP contribution in [0.4, 0.5) is 0 Å². The molecular formula is C20H19N3O4. The summed E-state index contributed by atoms with van der Waals surface area (Å²) in [5.74, 6) is 2.25. The standard InChI is InChI=1S/C20H19N3O4/c1-25-16-8-14(9-17(10-16)26-2)20(24)23-11-15(12-23)19-21-18(22-27-19)13-6-4-3-5-7-13/h3-10,15H,11-12H2,1-2H3. The fraction of sp³-hybridized carbons (Fsp3) is 0.250. The Balaban J connectivity index is 1.44. The lowest BCUT2D eigenvalue weighted by Crippen LogP contribution is -2.48. The van der Waals surface area contributed by atoms with Gasteiger partial charge in [0.25, 0.3) is 5.91 Å². The number of carbonyl (C=O) groups excluding carboxylic acids is 1. The molecule has 0 N–H and O–H groups in total. The van der Waals surface area contributed by atoms with Gasteiger partial charge in [-0.05, 0) is 12.1 Å². The van der Waals surface area contributed by atoms with Gasteiger partial charge in [-0.2, -0.15) is 4.98 Å². The van der Waals surface area contributed by atoms with Crippen LogP contribution in [0.3, 0.4) is 0 Å². The molecule has 7 heteroatoms. The van der Waals surface area contributed by atoms with E-state index in [1.54, 1.807) is 37.3 Å². The van der Waals surface area contributed by atoms with Crippen molar-refractivity contribution in [2.45, 2.75) is 5.92 Å². The SMILES string of the molecule is COc1cc(OC)cc(C(=O)N2CC(c3nc(-c4ccccc4)no3)C2)c1. The molecule has 0 saturated carbocycles. The fourth-order valence-electron chi connectivity index (χ4n) is 3.02. The van der Waals surface area contributed by atoms with Crippen LogP contribution < -0.4 is 9.47 Å². The van der Waals surface area contributed by atoms with Crippen molar-refractivity contribution in [3.8, 4) is 22.9 Å². The van der Waals surface area contributed by atoms with Gasteiger partial charge in [0, 0.05) is 30.3 Å². The molecule has 0 aliphatic carbocycles. The highest BCUT2D eigenvalue weighted by Gasteiger charge is 2.36. The molecule has 7 nitrogen and oxygen atoms in total. The van der Waals surface area contributed by atoms with Crippen molar-refractivity contribution in [2.75, 3.05) is 27.3 Å². The average molecular weight is 365 g/mol. The van der Waals surface area contributed by atoms with Gasteiger partial charge in [0.05, 0.1) is 20.1 Å². The van der Waals surface area contributed by atoms with E-state index < -0.39 is 0 Å². The zero-order chi connectivity index (χ0) is 18.8. The smallest absolute Gasteiger partial charge is 0.254 e. The van der Waals surface area contributed by atoms with E-state index in [9.17, 15) is 4.79 Å². The van der Waals surface area contributed by atoms with E-state index in [1.807, 2.05) is 30.3 Å². The molecule has 1 amide bonds. The lowest BCUT2D eigenvalue weighted by Gasteiger charge is -2.37. The predicted octanol–water partition coefficient (Wildman–Crippen LogP) is 2.99. The highest BCUT2D eigenvalue weighted by Crippen LogP contribution is 2.30. The molecule has 1 fully saturated rings. The van der Waals surface area contributed by atoms with Gasteiger partial charge < -0.3 is 18.9 Å². The Hall–Kier alpha value is -3.35. The molecule has 0 unspecified atom stereocenters. The highest BCUT2D eigenvalue weighted by atomic mass is 16.5. The van der Waals surface area contributed by atoms with Crippen molar-refractivity contribution in [1.29, 1.82) is 0 Å². The molecular weight excluding hydrogens is 346 g/mol. The van der Waals surface area contributed by atoms with Crippen LogP contribution in [0, 0.1) is 0 Å². The number of carbonyl (C=O) groups is 1. The van der Waals surface area contributed by atoms with Gasteiger partial charge >= 0.3 is 0 Å². The Labute approximate surface area is 156 Å². The van der Waals surface area contributed by atoms with Crippen molar-refractivity contribution in [3.63, 3.8) is 0 Å². The van der Waals surface area contributed by atoms with E-state index in [4.69, 9.17) is 14.0 Å². The van der Waals surface area contributed by atoms with Gasteiger partial charge in [-0.15, -0.1) is 0 Å². The molecule has 0 bridgehead atoms. The number of rotatable bonds is 5. The van der Waals surface area contributed by atoms with E-state index in [-0.39, 0.29) is 11.8 Å². The molecule has 1 aliphatic rings. The van der Waals surface area contributed by atoms with Crippen molar-refractivity contribution in [1.82, 2.24) is 15.0 Å². The molecule has 4 rings (SSSR count). The first-order chi connectivity index (χ1) is 13.2. The van der Waals surface area contributed by atoms with Crippen LogP contribution in [0.25, 0.3) is 11.4 Å². The molecule has 0 spiro atoms. The molecule has 27 heavy (non-hydrogen) atoms. The topological polar surface area (TPSA) is 77.7 Å². The second-order valence-corrected chi connectivity index (χ2v) is 6.33. The third-order valence-corrected chi connectivity index (χ3v) is 4.59. The van der Waals surface area contributed by atoms with Crippen LogP contribution >= 0.6 is 0 Å². The Morgan fingerprint density at radius 3 is 2.37 bits per heavy atom. The van der Waals surface area contributed by atoms with E-state index in [1.165, 1.54) is 0 Å². The maximum atomic E-state index is 12.7. The Morgan fingerprint density at radius 2 is 1.74 bits per heavy atom. The minimum atomic E-state index is -0.0775. The molecule has 0 atom stereocenters. The van der Waals surface area contributed by atoms with E-state index in [2.05, 4.69) is 10.1 Å². The second-order valence-electron chi connectivity index (χ2n) is 6.33. The summed E-state index contributed by atoms with van der Waals surface area (Å²) in [4.78, 5) is 18.9.